The summed E-state index contributed by atoms with van der Waals surface area (Å²) >= 11 is 0. The molecule has 45 heavy (non-hydrogen) atoms. The van der Waals surface area contributed by atoms with Gasteiger partial charge in [-0.25, -0.2) is 4.98 Å². The van der Waals surface area contributed by atoms with E-state index >= 15 is 0 Å². The first-order valence-electron chi connectivity index (χ1n) is 17.2. The van der Waals surface area contributed by atoms with Crippen molar-refractivity contribution in [2.45, 2.75) is 121 Å². The molecule has 0 unspecified atom stereocenters. The second-order valence-electron chi connectivity index (χ2n) is 18.4. The minimum absolute atomic E-state index is 0.536. The molecule has 1 fully saturated rings. The Hall–Kier alpha value is -1.37. The normalized spacial score (nSPS) is 17.4. The van der Waals surface area contributed by atoms with Crippen molar-refractivity contribution >= 4 is 80.3 Å². The number of nitrogens with zero attached hydrogens (tertiary/aromatic N) is 1. The number of hydrogen-bond acceptors (Lipinski definition) is 1. The highest BCUT2D eigenvalue weighted by molar-refractivity contribution is 7.31. The van der Waals surface area contributed by atoms with Gasteiger partial charge in [0.25, 0.3) is 0 Å². The van der Waals surface area contributed by atoms with Gasteiger partial charge in [-0.15, -0.1) is 0 Å². The van der Waals surface area contributed by atoms with E-state index in [2.05, 4.69) is 160 Å². The lowest BCUT2D eigenvalue weighted by Gasteiger charge is -2.58. The topological polar surface area (TPSA) is 12.9 Å². The Bertz CT molecular complexity index is 1680. The predicted molar refractivity (Wildman–Crippen MR) is 219 cm³/mol. The van der Waals surface area contributed by atoms with E-state index in [1.54, 1.807) is 21.5 Å². The lowest BCUT2D eigenvalue weighted by molar-refractivity contribution is 0.763. The fourth-order valence-electron chi connectivity index (χ4n) is 10.7. The molecular formula is C38H59NSi6. The molecule has 0 radical (unpaired) electrons. The van der Waals surface area contributed by atoms with Crippen molar-refractivity contribution in [3.8, 4) is 0 Å². The van der Waals surface area contributed by atoms with Crippen molar-refractivity contribution in [1.29, 1.82) is 0 Å². The highest BCUT2D eigenvalue weighted by Gasteiger charge is 2.70. The molecule has 240 valence electrons. The number of benzene rings is 3. The molecule has 0 saturated carbocycles. The first-order valence-corrected chi connectivity index (χ1v) is 35.2. The van der Waals surface area contributed by atoms with E-state index in [0.29, 0.717) is 8.57 Å². The Morgan fingerprint density at radius 1 is 0.556 bits per heavy atom. The van der Waals surface area contributed by atoms with Crippen LogP contribution in [0.5, 0.6) is 0 Å². The molecule has 0 atom stereocenters. The maximum absolute atomic E-state index is 5.33. The van der Waals surface area contributed by atoms with Crippen molar-refractivity contribution in [1.82, 2.24) is 4.98 Å². The molecule has 1 aliphatic rings. The molecule has 3 aromatic carbocycles. The molecule has 1 aromatic heterocycles. The molecule has 1 nitrogen and oxygen atoms in total. The molecule has 5 rings (SSSR count). The van der Waals surface area contributed by atoms with Crippen molar-refractivity contribution in [2.75, 3.05) is 0 Å². The van der Waals surface area contributed by atoms with Gasteiger partial charge < -0.3 is 0 Å². The molecule has 0 bridgehead atoms. The van der Waals surface area contributed by atoms with E-state index in [-0.39, 0.29) is 0 Å². The van der Waals surface area contributed by atoms with Crippen LogP contribution in [0.4, 0.5) is 0 Å². The average Bonchev–Trinajstić information content (AvgIpc) is 3.29. The van der Waals surface area contributed by atoms with Gasteiger partial charge in [0.05, 0.1) is 18.9 Å². The predicted octanol–water partition coefficient (Wildman–Crippen LogP) is 10.3. The smallest absolute Gasteiger partial charge is 0.0711 e. The maximum Gasteiger partial charge on any atom is 0.0711 e. The van der Waals surface area contributed by atoms with Crippen LogP contribution in [0.2, 0.25) is 87.1 Å². The van der Waals surface area contributed by atoms with Gasteiger partial charge in [-0.3, -0.25) is 0 Å². The van der Waals surface area contributed by atoms with E-state index < -0.39 is 48.1 Å². The van der Waals surface area contributed by atoms with Gasteiger partial charge in [0.1, 0.15) is 0 Å². The molecule has 4 aromatic rings. The molecule has 0 aliphatic carbocycles. The quantitative estimate of drug-likeness (QED) is 0.144. The Morgan fingerprint density at radius 2 is 0.911 bits per heavy atom. The van der Waals surface area contributed by atoms with E-state index in [4.69, 9.17) is 4.98 Å². The zero-order chi connectivity index (χ0) is 33.5. The summed E-state index contributed by atoms with van der Waals surface area (Å²) in [6.07, 6.45) is 2.97. The van der Waals surface area contributed by atoms with Crippen molar-refractivity contribution < 1.29 is 0 Å². The third-order valence-electron chi connectivity index (χ3n) is 11.9. The highest BCUT2D eigenvalue weighted by atomic mass is 28.9. The summed E-state index contributed by atoms with van der Waals surface area (Å²) in [5, 5.41) is 6.36. The largest absolute Gasteiger partial charge is 0.248 e. The van der Waals surface area contributed by atoms with Gasteiger partial charge in [-0.2, -0.15) is 0 Å². The summed E-state index contributed by atoms with van der Waals surface area (Å²) in [4.78, 5) is 5.33. The third-order valence-corrected chi connectivity index (χ3v) is 57.7. The summed E-state index contributed by atoms with van der Waals surface area (Å²) in [6, 6.07) is 23.5. The van der Waals surface area contributed by atoms with Crippen molar-refractivity contribution in [3.05, 3.63) is 77.4 Å². The minimum Gasteiger partial charge on any atom is -0.248 e. The first kappa shape index (κ1) is 35.0. The summed E-state index contributed by atoms with van der Waals surface area (Å²) in [6.45, 7) is 40.9. The lowest BCUT2D eigenvalue weighted by atomic mass is 10.1. The van der Waals surface area contributed by atoms with E-state index in [1.165, 1.54) is 40.2 Å². The Balaban J connectivity index is 2.28. The maximum atomic E-state index is 5.33. The number of aryl methyl sites for hydroxylation is 3. The van der Waals surface area contributed by atoms with Crippen LogP contribution in [0, 0.1) is 20.8 Å². The first-order chi connectivity index (χ1) is 20.6. The van der Waals surface area contributed by atoms with Gasteiger partial charge in [0.15, 0.2) is 0 Å². The molecule has 7 heteroatoms. The van der Waals surface area contributed by atoms with Gasteiger partial charge >= 0.3 is 0 Å². The van der Waals surface area contributed by atoms with E-state index in [9.17, 15) is 0 Å². The van der Waals surface area contributed by atoms with E-state index in [0.717, 1.165) is 0 Å². The second kappa shape index (κ2) is 11.4. The summed E-state index contributed by atoms with van der Waals surface area (Å²) in [7, 11) is -8.91. The van der Waals surface area contributed by atoms with Crippen LogP contribution in [0.3, 0.4) is 0 Å². The van der Waals surface area contributed by atoms with Crippen LogP contribution < -0.4 is 10.4 Å². The zero-order valence-electron chi connectivity index (χ0n) is 31.1. The van der Waals surface area contributed by atoms with Crippen LogP contribution in [-0.2, 0) is 0 Å². The summed E-state index contributed by atoms with van der Waals surface area (Å²) < 4.78 is 1.07. The standard InChI is InChI=1S/C38H59NSi6/c1-28-26-29(2)35(30(3)27-28)40(36-31-20-16-18-22-33(31)39-34-23-19-17-21-32(34)36)41-37(42(4,5)6,43(7,8)9)24-25-38(41,44(10,11)12)45(13,14)15/h16-23,26-27H,24-25H2,1-15H3. The molecule has 1 aliphatic heterocycles. The Labute approximate surface area is 281 Å². The fourth-order valence-corrected chi connectivity index (χ4v) is 78.1. The van der Waals surface area contributed by atoms with Crippen LogP contribution in [-0.4, -0.2) is 53.1 Å². The summed E-state index contributed by atoms with van der Waals surface area (Å²) in [5.74, 6) is 0. The molecule has 0 amide bonds. The highest BCUT2D eigenvalue weighted by Crippen LogP contribution is 2.69. The Kier molecular flexibility index (Phi) is 8.83. The number of rotatable bonds is 6. The molecule has 1 saturated heterocycles. The number of fused-ring (bicyclic) bond motifs is 2. The number of aromatic nitrogens is 1. The molecule has 0 N–H and O–H groups in total. The van der Waals surface area contributed by atoms with Gasteiger partial charge in [-0.1, -0.05) is 146 Å². The van der Waals surface area contributed by atoms with Gasteiger partial charge in [-0.05, 0) is 63.0 Å². The second-order valence-corrected chi connectivity index (χ2v) is 50.0. The van der Waals surface area contributed by atoms with Crippen LogP contribution in [0.25, 0.3) is 21.8 Å². The molecule has 2 heterocycles. The SMILES string of the molecule is Cc1cc(C)c([Si](c2c3ccccc3nc3ccccc23)=[Si]2C([Si](C)(C)C)([Si](C)(C)C)CCC2([Si](C)(C)C)[Si](C)(C)C)c(C)c1. The number of hydrogen-bond donors (Lipinski definition) is 0. The lowest BCUT2D eigenvalue weighted by Crippen LogP contribution is -2.69. The van der Waals surface area contributed by atoms with Crippen LogP contribution in [0.15, 0.2) is 60.7 Å². The van der Waals surface area contributed by atoms with Crippen LogP contribution >= 0.6 is 0 Å². The average molecular weight is 698 g/mol. The third kappa shape index (κ3) is 5.26. The monoisotopic (exact) mass is 697 g/mol. The number of para-hydroxylation sites is 2. The van der Waals surface area contributed by atoms with E-state index in [1.807, 2.05) is 0 Å². The minimum atomic E-state index is -1.67. The number of pyridine rings is 1. The van der Waals surface area contributed by atoms with Crippen molar-refractivity contribution in [3.63, 3.8) is 0 Å². The zero-order valence-corrected chi connectivity index (χ0v) is 37.1. The van der Waals surface area contributed by atoms with Crippen LogP contribution in [0.1, 0.15) is 29.5 Å². The van der Waals surface area contributed by atoms with Gasteiger partial charge in [0, 0.05) is 51.0 Å². The summed E-state index contributed by atoms with van der Waals surface area (Å²) in [5.41, 5.74) is 6.89. The molecular weight excluding hydrogens is 639 g/mol. The fraction of sp³-hybridized carbons (Fsp3) is 0.500. The Morgan fingerprint density at radius 3 is 1.27 bits per heavy atom. The molecule has 0 spiro atoms. The van der Waals surface area contributed by atoms with Gasteiger partial charge in [0.2, 0.25) is 0 Å². The van der Waals surface area contributed by atoms with Crippen molar-refractivity contribution in [2.24, 2.45) is 0 Å².